The van der Waals surface area contributed by atoms with Gasteiger partial charge in [-0.2, -0.15) is 0 Å². The van der Waals surface area contributed by atoms with Crippen LogP contribution in [0.2, 0.25) is 0 Å². The minimum absolute atomic E-state index is 0.125. The smallest absolute Gasteiger partial charge is 0.277 e. The van der Waals surface area contributed by atoms with E-state index in [-0.39, 0.29) is 6.61 Å². The maximum Gasteiger partial charge on any atom is 0.277 e. The van der Waals surface area contributed by atoms with E-state index in [1.807, 2.05) is 19.9 Å². The third kappa shape index (κ3) is 3.68. The van der Waals surface area contributed by atoms with E-state index in [9.17, 15) is 4.79 Å². The summed E-state index contributed by atoms with van der Waals surface area (Å²) in [5, 5.41) is 0. The largest absolute Gasteiger partial charge is 0.476 e. The van der Waals surface area contributed by atoms with E-state index < -0.39 is 12.0 Å². The molecule has 0 radical (unpaired) electrons. The Morgan fingerprint density at radius 2 is 2.28 bits per heavy atom. The normalized spacial score (nSPS) is 12.0. The third-order valence-corrected chi connectivity index (χ3v) is 2.43. The first-order valence-electron chi connectivity index (χ1n) is 5.75. The number of amides is 1. The van der Waals surface area contributed by atoms with Crippen LogP contribution in [0, 0.1) is 6.92 Å². The van der Waals surface area contributed by atoms with Crippen molar-refractivity contribution in [3.05, 3.63) is 23.5 Å². The molecule has 6 heteroatoms. The zero-order chi connectivity index (χ0) is 13.5. The van der Waals surface area contributed by atoms with Crippen LogP contribution in [0.25, 0.3) is 0 Å². The van der Waals surface area contributed by atoms with Crippen molar-refractivity contribution in [2.75, 3.05) is 13.7 Å². The van der Waals surface area contributed by atoms with Gasteiger partial charge in [-0.05, 0) is 25.5 Å². The number of pyridine rings is 1. The Morgan fingerprint density at radius 1 is 1.56 bits per heavy atom. The molecule has 1 amide bonds. The number of ether oxygens (including phenoxy) is 2. The zero-order valence-electron chi connectivity index (χ0n) is 10.9. The first-order valence-corrected chi connectivity index (χ1v) is 5.75. The molecule has 1 atom stereocenters. The van der Waals surface area contributed by atoms with Crippen LogP contribution in [0.1, 0.15) is 18.3 Å². The average Bonchev–Trinajstić information content (AvgIpc) is 2.39. The minimum Gasteiger partial charge on any atom is -0.476 e. The summed E-state index contributed by atoms with van der Waals surface area (Å²) < 4.78 is 10.5. The summed E-state index contributed by atoms with van der Waals surface area (Å²) >= 11 is 0. The number of aromatic nitrogens is 1. The fourth-order valence-electron chi connectivity index (χ4n) is 1.52. The predicted molar refractivity (Wildman–Crippen MR) is 67.0 cm³/mol. The van der Waals surface area contributed by atoms with Crippen molar-refractivity contribution in [1.29, 1.82) is 0 Å². The molecule has 100 valence electrons. The van der Waals surface area contributed by atoms with Gasteiger partial charge in [-0.15, -0.1) is 0 Å². The van der Waals surface area contributed by atoms with E-state index in [2.05, 4.69) is 10.4 Å². The Hall–Kier alpha value is -1.66. The molecule has 18 heavy (non-hydrogen) atoms. The molecule has 0 aliphatic heterocycles. The number of hydrogen-bond acceptors (Lipinski definition) is 5. The average molecular weight is 253 g/mol. The Kier molecular flexibility index (Phi) is 5.54. The number of hydrazine groups is 1. The van der Waals surface area contributed by atoms with Crippen LogP contribution in [-0.2, 0) is 16.0 Å². The number of nitrogens with one attached hydrogen (secondary N) is 1. The lowest BCUT2D eigenvalue weighted by Crippen LogP contribution is -2.44. The molecule has 1 aromatic rings. The first kappa shape index (κ1) is 14.4. The van der Waals surface area contributed by atoms with Gasteiger partial charge in [0, 0.05) is 12.8 Å². The van der Waals surface area contributed by atoms with Crippen LogP contribution in [0.5, 0.6) is 5.75 Å². The van der Waals surface area contributed by atoms with Crippen LogP contribution in [-0.4, -0.2) is 30.7 Å². The van der Waals surface area contributed by atoms with Crippen molar-refractivity contribution in [2.24, 2.45) is 5.84 Å². The Balaban J connectivity index is 2.89. The molecule has 0 spiro atoms. The molecular weight excluding hydrogens is 234 g/mol. The van der Waals surface area contributed by atoms with Crippen LogP contribution in [0.15, 0.2) is 12.1 Å². The Morgan fingerprint density at radius 3 is 2.83 bits per heavy atom. The van der Waals surface area contributed by atoms with Gasteiger partial charge in [0.05, 0.1) is 12.3 Å². The number of nitrogens with two attached hydrogens (primary N) is 1. The van der Waals surface area contributed by atoms with Gasteiger partial charge in [0.1, 0.15) is 5.75 Å². The molecular formula is C12H19N3O3. The summed E-state index contributed by atoms with van der Waals surface area (Å²) in [6.07, 6.45) is -0.0594. The SMILES string of the molecule is CCc1nc(C)ccc1OC(COC)C(=O)NN. The number of aryl methyl sites for hydroxylation is 2. The van der Waals surface area contributed by atoms with Crippen molar-refractivity contribution in [1.82, 2.24) is 10.4 Å². The van der Waals surface area contributed by atoms with E-state index in [4.69, 9.17) is 15.3 Å². The van der Waals surface area contributed by atoms with Gasteiger partial charge in [0.2, 0.25) is 6.10 Å². The van der Waals surface area contributed by atoms with Gasteiger partial charge in [-0.3, -0.25) is 15.2 Å². The molecule has 1 rings (SSSR count). The molecule has 0 bridgehead atoms. The molecule has 0 aliphatic rings. The summed E-state index contributed by atoms with van der Waals surface area (Å²) in [7, 11) is 1.49. The number of nitrogens with zero attached hydrogens (tertiary/aromatic N) is 1. The molecule has 3 N–H and O–H groups in total. The van der Waals surface area contributed by atoms with Gasteiger partial charge in [-0.1, -0.05) is 6.92 Å². The summed E-state index contributed by atoms with van der Waals surface area (Å²) in [6, 6.07) is 3.63. The highest BCUT2D eigenvalue weighted by molar-refractivity contribution is 5.80. The van der Waals surface area contributed by atoms with Gasteiger partial charge in [0.25, 0.3) is 5.91 Å². The lowest BCUT2D eigenvalue weighted by atomic mass is 10.2. The second-order valence-corrected chi connectivity index (χ2v) is 3.82. The maximum atomic E-state index is 11.5. The molecule has 0 fully saturated rings. The number of methoxy groups -OCH3 is 1. The first-order chi connectivity index (χ1) is 8.62. The molecule has 1 heterocycles. The molecule has 0 aliphatic carbocycles. The summed E-state index contributed by atoms with van der Waals surface area (Å²) in [5.41, 5.74) is 3.77. The molecule has 0 saturated carbocycles. The molecule has 6 nitrogen and oxygen atoms in total. The van der Waals surface area contributed by atoms with E-state index in [0.717, 1.165) is 17.8 Å². The highest BCUT2D eigenvalue weighted by atomic mass is 16.5. The molecule has 0 saturated heterocycles. The monoisotopic (exact) mass is 253 g/mol. The van der Waals surface area contributed by atoms with Crippen LogP contribution in [0.4, 0.5) is 0 Å². The standard InChI is InChI=1S/C12H19N3O3/c1-4-9-10(6-5-8(2)14-9)18-11(7-17-3)12(16)15-13/h5-6,11H,4,7,13H2,1-3H3,(H,15,16). The molecule has 0 aromatic carbocycles. The molecule has 1 unspecified atom stereocenters. The Bertz CT molecular complexity index is 410. The quantitative estimate of drug-likeness (QED) is 0.433. The number of carbonyl (C=O) groups is 1. The van der Waals surface area contributed by atoms with Gasteiger partial charge in [0.15, 0.2) is 0 Å². The number of hydrogen-bond donors (Lipinski definition) is 2. The summed E-state index contributed by atoms with van der Waals surface area (Å²) in [5.74, 6) is 5.25. The Labute approximate surface area is 106 Å². The van der Waals surface area contributed by atoms with Crippen molar-refractivity contribution >= 4 is 5.91 Å². The summed E-state index contributed by atoms with van der Waals surface area (Å²) in [6.45, 7) is 4.01. The van der Waals surface area contributed by atoms with Crippen molar-refractivity contribution in [3.8, 4) is 5.75 Å². The van der Waals surface area contributed by atoms with E-state index >= 15 is 0 Å². The highest BCUT2D eigenvalue weighted by Gasteiger charge is 2.20. The number of carbonyl (C=O) groups excluding carboxylic acids is 1. The third-order valence-electron chi connectivity index (χ3n) is 2.43. The van der Waals surface area contributed by atoms with E-state index in [0.29, 0.717) is 5.75 Å². The zero-order valence-corrected chi connectivity index (χ0v) is 10.9. The van der Waals surface area contributed by atoms with Crippen LogP contribution >= 0.6 is 0 Å². The van der Waals surface area contributed by atoms with Gasteiger partial charge >= 0.3 is 0 Å². The fourth-order valence-corrected chi connectivity index (χ4v) is 1.52. The van der Waals surface area contributed by atoms with E-state index in [1.165, 1.54) is 7.11 Å². The minimum atomic E-state index is -0.783. The summed E-state index contributed by atoms with van der Waals surface area (Å²) in [4.78, 5) is 15.9. The fraction of sp³-hybridized carbons (Fsp3) is 0.500. The lowest BCUT2D eigenvalue weighted by Gasteiger charge is -2.18. The highest BCUT2D eigenvalue weighted by Crippen LogP contribution is 2.19. The van der Waals surface area contributed by atoms with Gasteiger partial charge < -0.3 is 9.47 Å². The number of rotatable bonds is 6. The molecule has 1 aromatic heterocycles. The van der Waals surface area contributed by atoms with Crippen LogP contribution in [0.3, 0.4) is 0 Å². The van der Waals surface area contributed by atoms with Crippen molar-refractivity contribution < 1.29 is 14.3 Å². The predicted octanol–water partition coefficient (Wildman–Crippen LogP) is 0.336. The second kappa shape index (κ2) is 6.93. The second-order valence-electron chi connectivity index (χ2n) is 3.82. The van der Waals surface area contributed by atoms with Crippen LogP contribution < -0.4 is 16.0 Å². The van der Waals surface area contributed by atoms with Crippen molar-refractivity contribution in [3.63, 3.8) is 0 Å². The maximum absolute atomic E-state index is 11.5. The lowest BCUT2D eigenvalue weighted by molar-refractivity contribution is -0.130. The topological polar surface area (TPSA) is 86.5 Å². The van der Waals surface area contributed by atoms with Crippen molar-refractivity contribution in [2.45, 2.75) is 26.4 Å². The van der Waals surface area contributed by atoms with Gasteiger partial charge in [-0.25, -0.2) is 5.84 Å². The van der Waals surface area contributed by atoms with E-state index in [1.54, 1.807) is 6.07 Å².